The van der Waals surface area contributed by atoms with Crippen molar-refractivity contribution < 1.29 is 4.79 Å². The van der Waals surface area contributed by atoms with Crippen LogP contribution in [0.1, 0.15) is 16.2 Å². The van der Waals surface area contributed by atoms with Gasteiger partial charge in [-0.3, -0.25) is 9.78 Å². The molecule has 0 radical (unpaired) electrons. The van der Waals surface area contributed by atoms with Crippen molar-refractivity contribution in [1.82, 2.24) is 20.3 Å². The summed E-state index contributed by atoms with van der Waals surface area (Å²) in [6.45, 7) is 0.525. The number of aromatic amines is 1. The number of imidazole rings is 1. The molecule has 2 aromatic heterocycles. The summed E-state index contributed by atoms with van der Waals surface area (Å²) in [7, 11) is 0. The van der Waals surface area contributed by atoms with E-state index in [1.807, 2.05) is 0 Å². The lowest BCUT2D eigenvalue weighted by atomic mass is 10.3. The van der Waals surface area contributed by atoms with E-state index >= 15 is 0 Å². The number of hydrogen-bond acceptors (Lipinski definition) is 4. The summed E-state index contributed by atoms with van der Waals surface area (Å²) in [5.41, 5.74) is 7.40. The largest absolute Gasteiger partial charge is 0.399 e. The average Bonchev–Trinajstić information content (AvgIpc) is 2.82. The number of H-pyrrole nitrogens is 1. The Labute approximate surface area is 98.3 Å². The van der Waals surface area contributed by atoms with E-state index in [9.17, 15) is 4.79 Å². The van der Waals surface area contributed by atoms with Gasteiger partial charge in [0.25, 0.3) is 5.91 Å². The molecule has 0 saturated carbocycles. The molecule has 17 heavy (non-hydrogen) atoms. The van der Waals surface area contributed by atoms with Crippen LogP contribution in [0.3, 0.4) is 0 Å². The molecule has 2 aromatic rings. The minimum atomic E-state index is -0.225. The molecule has 6 nitrogen and oxygen atoms in total. The van der Waals surface area contributed by atoms with Gasteiger partial charge in [0.15, 0.2) is 0 Å². The number of carbonyl (C=O) groups is 1. The minimum Gasteiger partial charge on any atom is -0.399 e. The molecule has 0 aliphatic carbocycles. The molecule has 4 N–H and O–H groups in total. The first-order valence-corrected chi connectivity index (χ1v) is 5.22. The van der Waals surface area contributed by atoms with Gasteiger partial charge in [-0.25, -0.2) is 4.98 Å². The standard InChI is InChI=1S/C11H13N5O/c12-8-1-3-14-10(5-8)11(17)15-4-2-9-6-13-7-16-9/h1,3,5-7H,2,4H2,(H2,12,14)(H,13,16)(H,15,17). The molecule has 0 bridgehead atoms. The number of nitrogen functional groups attached to an aromatic ring is 1. The normalized spacial score (nSPS) is 10.1. The molecule has 0 aromatic carbocycles. The van der Waals surface area contributed by atoms with Gasteiger partial charge < -0.3 is 16.0 Å². The van der Waals surface area contributed by atoms with Crippen LogP contribution in [-0.2, 0) is 6.42 Å². The van der Waals surface area contributed by atoms with Gasteiger partial charge in [-0.1, -0.05) is 0 Å². The minimum absolute atomic E-state index is 0.225. The van der Waals surface area contributed by atoms with Gasteiger partial charge >= 0.3 is 0 Å². The fraction of sp³-hybridized carbons (Fsp3) is 0.182. The molecule has 0 atom stereocenters. The molecule has 1 amide bonds. The van der Waals surface area contributed by atoms with Gasteiger partial charge in [0.1, 0.15) is 5.69 Å². The number of pyridine rings is 1. The van der Waals surface area contributed by atoms with Crippen molar-refractivity contribution in [3.63, 3.8) is 0 Å². The Bertz CT molecular complexity index is 494. The molecule has 0 spiro atoms. The van der Waals surface area contributed by atoms with Crippen LogP contribution in [0.25, 0.3) is 0 Å². The van der Waals surface area contributed by atoms with Crippen molar-refractivity contribution in [2.24, 2.45) is 0 Å². The van der Waals surface area contributed by atoms with Crippen molar-refractivity contribution in [3.8, 4) is 0 Å². The quantitative estimate of drug-likeness (QED) is 0.707. The Morgan fingerprint density at radius 3 is 3.12 bits per heavy atom. The zero-order chi connectivity index (χ0) is 12.1. The Balaban J connectivity index is 1.85. The zero-order valence-corrected chi connectivity index (χ0v) is 9.18. The molecule has 0 fully saturated rings. The second-order valence-corrected chi connectivity index (χ2v) is 3.56. The van der Waals surface area contributed by atoms with Gasteiger partial charge in [0, 0.05) is 36.7 Å². The molecule has 6 heteroatoms. The fourth-order valence-corrected chi connectivity index (χ4v) is 1.39. The molecule has 88 valence electrons. The van der Waals surface area contributed by atoms with Crippen LogP contribution >= 0.6 is 0 Å². The third-order valence-corrected chi connectivity index (χ3v) is 2.25. The number of rotatable bonds is 4. The molecule has 0 unspecified atom stereocenters. The van der Waals surface area contributed by atoms with Crippen LogP contribution in [0.15, 0.2) is 30.9 Å². The topological polar surface area (TPSA) is 96.7 Å². The van der Waals surface area contributed by atoms with Crippen LogP contribution < -0.4 is 11.1 Å². The molecular formula is C11H13N5O. The van der Waals surface area contributed by atoms with E-state index in [1.54, 1.807) is 24.7 Å². The number of carbonyl (C=O) groups excluding carboxylic acids is 1. The Kier molecular flexibility index (Phi) is 3.34. The number of hydrogen-bond donors (Lipinski definition) is 3. The van der Waals surface area contributed by atoms with E-state index in [0.717, 1.165) is 5.69 Å². The predicted molar refractivity (Wildman–Crippen MR) is 63.3 cm³/mol. The number of anilines is 1. The van der Waals surface area contributed by atoms with Crippen molar-refractivity contribution in [3.05, 3.63) is 42.2 Å². The van der Waals surface area contributed by atoms with Gasteiger partial charge in [-0.15, -0.1) is 0 Å². The first-order chi connectivity index (χ1) is 8.25. The highest BCUT2D eigenvalue weighted by Gasteiger charge is 2.06. The van der Waals surface area contributed by atoms with E-state index in [0.29, 0.717) is 24.3 Å². The number of nitrogens with zero attached hydrogens (tertiary/aromatic N) is 2. The monoisotopic (exact) mass is 231 g/mol. The van der Waals surface area contributed by atoms with E-state index < -0.39 is 0 Å². The van der Waals surface area contributed by atoms with Crippen molar-refractivity contribution >= 4 is 11.6 Å². The van der Waals surface area contributed by atoms with Gasteiger partial charge in [0.05, 0.1) is 6.33 Å². The summed E-state index contributed by atoms with van der Waals surface area (Å²) < 4.78 is 0. The zero-order valence-electron chi connectivity index (χ0n) is 9.18. The molecule has 0 saturated heterocycles. The maximum absolute atomic E-state index is 11.7. The SMILES string of the molecule is Nc1ccnc(C(=O)NCCc2cnc[nH]2)c1. The Morgan fingerprint density at radius 2 is 2.41 bits per heavy atom. The smallest absolute Gasteiger partial charge is 0.269 e. The van der Waals surface area contributed by atoms with E-state index in [4.69, 9.17) is 5.73 Å². The summed E-state index contributed by atoms with van der Waals surface area (Å²) in [5.74, 6) is -0.225. The van der Waals surface area contributed by atoms with Crippen molar-refractivity contribution in [2.75, 3.05) is 12.3 Å². The molecule has 0 aliphatic rings. The first-order valence-electron chi connectivity index (χ1n) is 5.22. The second kappa shape index (κ2) is 5.11. The van der Waals surface area contributed by atoms with E-state index in [1.165, 1.54) is 6.20 Å². The first kappa shape index (κ1) is 11.1. The van der Waals surface area contributed by atoms with E-state index in [2.05, 4.69) is 20.3 Å². The molecule has 2 heterocycles. The number of nitrogens with two attached hydrogens (primary N) is 1. The Hall–Kier alpha value is -2.37. The second-order valence-electron chi connectivity index (χ2n) is 3.56. The van der Waals surface area contributed by atoms with Crippen LogP contribution in [0.5, 0.6) is 0 Å². The third-order valence-electron chi connectivity index (χ3n) is 2.25. The molecule has 2 rings (SSSR count). The maximum atomic E-state index is 11.7. The molecule has 0 aliphatic heterocycles. The molecular weight excluding hydrogens is 218 g/mol. The maximum Gasteiger partial charge on any atom is 0.269 e. The average molecular weight is 231 g/mol. The van der Waals surface area contributed by atoms with Crippen molar-refractivity contribution in [1.29, 1.82) is 0 Å². The van der Waals surface area contributed by atoms with Crippen LogP contribution in [0.4, 0.5) is 5.69 Å². The van der Waals surface area contributed by atoms with Gasteiger partial charge in [-0.05, 0) is 12.1 Å². The summed E-state index contributed by atoms with van der Waals surface area (Å²) in [5, 5.41) is 2.76. The number of nitrogens with one attached hydrogen (secondary N) is 2. The fourth-order valence-electron chi connectivity index (χ4n) is 1.39. The summed E-state index contributed by atoms with van der Waals surface area (Å²) >= 11 is 0. The number of amides is 1. The van der Waals surface area contributed by atoms with Gasteiger partial charge in [-0.2, -0.15) is 0 Å². The van der Waals surface area contributed by atoms with E-state index in [-0.39, 0.29) is 5.91 Å². The lowest BCUT2D eigenvalue weighted by Gasteiger charge is -2.03. The summed E-state index contributed by atoms with van der Waals surface area (Å²) in [6.07, 6.45) is 5.55. The highest BCUT2D eigenvalue weighted by molar-refractivity contribution is 5.92. The summed E-state index contributed by atoms with van der Waals surface area (Å²) in [4.78, 5) is 22.5. The van der Waals surface area contributed by atoms with Crippen LogP contribution in [0.2, 0.25) is 0 Å². The lowest BCUT2D eigenvalue weighted by molar-refractivity contribution is 0.0949. The predicted octanol–water partition coefficient (Wildman–Crippen LogP) is 0.359. The number of aromatic nitrogens is 3. The Morgan fingerprint density at radius 1 is 1.53 bits per heavy atom. The van der Waals surface area contributed by atoms with Crippen LogP contribution in [0, 0.1) is 0 Å². The highest BCUT2D eigenvalue weighted by Crippen LogP contribution is 2.02. The summed E-state index contributed by atoms with van der Waals surface area (Å²) in [6, 6.07) is 3.19. The van der Waals surface area contributed by atoms with Gasteiger partial charge in [0.2, 0.25) is 0 Å². The van der Waals surface area contributed by atoms with Crippen molar-refractivity contribution in [2.45, 2.75) is 6.42 Å². The highest BCUT2D eigenvalue weighted by atomic mass is 16.1. The van der Waals surface area contributed by atoms with Crippen LogP contribution in [-0.4, -0.2) is 27.4 Å². The third kappa shape index (κ3) is 3.04. The lowest BCUT2D eigenvalue weighted by Crippen LogP contribution is -2.26.